The van der Waals surface area contributed by atoms with E-state index < -0.39 is 11.6 Å². The molecule has 7 rings (SSSR count). The fourth-order valence-corrected chi connectivity index (χ4v) is 11.1. The van der Waals surface area contributed by atoms with Gasteiger partial charge in [-0.1, -0.05) is 109 Å². The maximum absolute atomic E-state index is 12.3. The molecule has 0 bridgehead atoms. The van der Waals surface area contributed by atoms with Gasteiger partial charge in [0.05, 0.1) is 26.4 Å². The lowest BCUT2D eigenvalue weighted by atomic mass is 9.71. The van der Waals surface area contributed by atoms with Gasteiger partial charge >= 0.3 is 12.1 Å². The Balaban J connectivity index is 1.20. The molecule has 5 aromatic carbocycles. The molecule has 0 aromatic heterocycles. The summed E-state index contributed by atoms with van der Waals surface area (Å²) in [4.78, 5) is 23.4. The van der Waals surface area contributed by atoms with Gasteiger partial charge in [0.25, 0.3) is 0 Å². The third-order valence-electron chi connectivity index (χ3n) is 14.2. The number of aryl methyl sites for hydroxylation is 1. The van der Waals surface area contributed by atoms with E-state index in [4.69, 9.17) is 28.8 Å². The fraction of sp³-hybridized carbons (Fsp3) is 0.467. The van der Waals surface area contributed by atoms with Crippen molar-refractivity contribution in [2.24, 2.45) is 0 Å². The number of rotatable bonds is 27. The van der Waals surface area contributed by atoms with Crippen molar-refractivity contribution in [2.75, 3.05) is 60.4 Å². The molecule has 0 saturated heterocycles. The van der Waals surface area contributed by atoms with E-state index in [9.17, 15) is 9.59 Å². The number of aliphatic carboxylic acids is 1. The van der Waals surface area contributed by atoms with Gasteiger partial charge in [0.2, 0.25) is 0 Å². The van der Waals surface area contributed by atoms with Crippen LogP contribution in [-0.2, 0) is 45.7 Å². The van der Waals surface area contributed by atoms with Crippen molar-refractivity contribution in [1.82, 2.24) is 5.32 Å². The first-order valence-corrected chi connectivity index (χ1v) is 26.2. The van der Waals surface area contributed by atoms with Gasteiger partial charge in [0.1, 0.15) is 5.60 Å². The van der Waals surface area contributed by atoms with Crippen molar-refractivity contribution >= 4 is 28.0 Å². The van der Waals surface area contributed by atoms with Crippen LogP contribution < -0.4 is 5.32 Å². The molecule has 1 amide bonds. The van der Waals surface area contributed by atoms with Crippen LogP contribution in [0, 0.1) is 0 Å². The third kappa shape index (κ3) is 13.0. The zero-order valence-electron chi connectivity index (χ0n) is 42.4. The number of halogens is 1. The van der Waals surface area contributed by atoms with Crippen LogP contribution >= 0.6 is 15.9 Å². The summed E-state index contributed by atoms with van der Waals surface area (Å²) >= 11 is 3.85. The average Bonchev–Trinajstić information content (AvgIpc) is 3.74. The Hall–Kier alpha value is -4.84. The average molecular weight is 1020 g/mol. The standard InChI is InChI=1S/C60H74BrNO8/c1-58(2,3)70-57(65)62-31-10-8-7-9-28-59(4)52-38-44(43-18-16-42(17-19-43)14-11-15-56(63)64)20-24-48(52)49-25-21-45(39-53(49)59)46-22-26-50-51-27-23-47(61)41-55(51)60(54(50)40-46,29-12-32-68-36-34-66-5)30-13-33-69-37-35-67-6/h16-27,38-41H,7-15,28-37H2,1-6H3,(H,62,65)(H,63,64). The molecule has 2 aliphatic rings. The van der Waals surface area contributed by atoms with Gasteiger partial charge < -0.3 is 34.1 Å². The second-order valence-corrected chi connectivity index (χ2v) is 21.3. The third-order valence-corrected chi connectivity index (χ3v) is 14.7. The highest BCUT2D eigenvalue weighted by Crippen LogP contribution is 2.57. The molecule has 0 heterocycles. The molecule has 0 aliphatic heterocycles. The maximum atomic E-state index is 12.3. The van der Waals surface area contributed by atoms with Crippen molar-refractivity contribution in [3.8, 4) is 44.5 Å². The Labute approximate surface area is 425 Å². The Bertz CT molecular complexity index is 2530. The summed E-state index contributed by atoms with van der Waals surface area (Å²) in [7, 11) is 3.42. The van der Waals surface area contributed by atoms with Crippen molar-refractivity contribution in [3.63, 3.8) is 0 Å². The molecule has 1 atom stereocenters. The molecule has 5 aromatic rings. The Morgan fingerprint density at radius 3 is 1.63 bits per heavy atom. The maximum Gasteiger partial charge on any atom is 0.407 e. The number of carboxylic acid groups (broad SMARTS) is 1. The summed E-state index contributed by atoms with van der Waals surface area (Å²) in [6.07, 6.45) is 9.89. The number of carbonyl (C=O) groups excluding carboxylic acids is 1. The molecular formula is C60H74BrNO8. The smallest absolute Gasteiger partial charge is 0.407 e. The summed E-state index contributed by atoms with van der Waals surface area (Å²) in [5.41, 5.74) is 15.5. The summed E-state index contributed by atoms with van der Waals surface area (Å²) < 4.78 is 29.2. The number of amides is 1. The zero-order chi connectivity index (χ0) is 49.7. The lowest BCUT2D eigenvalue weighted by Crippen LogP contribution is -2.32. The van der Waals surface area contributed by atoms with Crippen LogP contribution in [0.1, 0.15) is 126 Å². The van der Waals surface area contributed by atoms with Crippen molar-refractivity contribution in [3.05, 3.63) is 129 Å². The van der Waals surface area contributed by atoms with E-state index in [0.29, 0.717) is 52.6 Å². The number of nitrogens with one attached hydrogen (secondary N) is 1. The minimum absolute atomic E-state index is 0.174. The molecule has 0 fully saturated rings. The van der Waals surface area contributed by atoms with Crippen LogP contribution in [0.25, 0.3) is 44.5 Å². The topological polar surface area (TPSA) is 113 Å². The number of unbranched alkanes of at least 4 members (excludes halogenated alkanes) is 3. The van der Waals surface area contributed by atoms with Crippen LogP contribution in [0.3, 0.4) is 0 Å². The molecule has 374 valence electrons. The summed E-state index contributed by atoms with van der Waals surface area (Å²) in [5, 5.41) is 12.1. The lowest BCUT2D eigenvalue weighted by molar-refractivity contribution is -0.137. The Morgan fingerprint density at radius 1 is 0.571 bits per heavy atom. The Morgan fingerprint density at radius 2 is 1.07 bits per heavy atom. The second kappa shape index (κ2) is 24.5. The number of fused-ring (bicyclic) bond motifs is 6. The number of alkyl carbamates (subject to hydrolysis) is 1. The summed E-state index contributed by atoms with van der Waals surface area (Å²) in [5.74, 6) is -0.756. The van der Waals surface area contributed by atoms with Crippen LogP contribution in [0.4, 0.5) is 4.79 Å². The lowest BCUT2D eigenvalue weighted by Gasteiger charge is -2.33. The van der Waals surface area contributed by atoms with Crippen molar-refractivity contribution < 1.29 is 38.4 Å². The summed E-state index contributed by atoms with van der Waals surface area (Å²) in [6.45, 7) is 12.3. The predicted octanol–water partition coefficient (Wildman–Crippen LogP) is 14.1. The molecule has 1 unspecified atom stereocenters. The minimum atomic E-state index is -0.756. The van der Waals surface area contributed by atoms with Gasteiger partial charge in [0.15, 0.2) is 0 Å². The number of carboxylic acids is 1. The van der Waals surface area contributed by atoms with E-state index in [2.05, 4.69) is 125 Å². The summed E-state index contributed by atoms with van der Waals surface area (Å²) in [6, 6.07) is 36.7. The van der Waals surface area contributed by atoms with Gasteiger partial charge in [-0.15, -0.1) is 0 Å². The van der Waals surface area contributed by atoms with E-state index in [-0.39, 0.29) is 23.3 Å². The molecular weight excluding hydrogens is 943 g/mol. The van der Waals surface area contributed by atoms with Crippen LogP contribution in [0.5, 0.6) is 0 Å². The highest BCUT2D eigenvalue weighted by atomic mass is 79.9. The van der Waals surface area contributed by atoms with Crippen molar-refractivity contribution in [2.45, 2.75) is 121 Å². The van der Waals surface area contributed by atoms with Gasteiger partial charge in [-0.2, -0.15) is 0 Å². The number of hydrogen-bond acceptors (Lipinski definition) is 7. The van der Waals surface area contributed by atoms with Gasteiger partial charge in [-0.25, -0.2) is 4.79 Å². The van der Waals surface area contributed by atoms with Crippen LogP contribution in [0.15, 0.2) is 102 Å². The van der Waals surface area contributed by atoms with E-state index >= 15 is 0 Å². The molecule has 0 radical (unpaired) electrons. The first-order chi connectivity index (χ1) is 33.8. The highest BCUT2D eigenvalue weighted by Gasteiger charge is 2.43. The molecule has 0 spiro atoms. The molecule has 70 heavy (non-hydrogen) atoms. The van der Waals surface area contributed by atoms with Gasteiger partial charge in [-0.05, 0) is 175 Å². The predicted molar refractivity (Wildman–Crippen MR) is 285 cm³/mol. The van der Waals surface area contributed by atoms with E-state index in [1.807, 2.05) is 20.8 Å². The molecule has 2 N–H and O–H groups in total. The highest BCUT2D eigenvalue weighted by molar-refractivity contribution is 9.10. The largest absolute Gasteiger partial charge is 0.481 e. The SMILES string of the molecule is COCCOCCCC1(CCCOCCOC)c2cc(Br)ccc2-c2ccc(-c3ccc4c(c3)C(C)(CCCCCCNC(=O)OC(C)(C)C)c3cc(-c5ccc(CCCC(=O)O)cc5)ccc3-4)cc21. The quantitative estimate of drug-likeness (QED) is 0.0500. The molecule has 0 saturated carbocycles. The Kier molecular flexibility index (Phi) is 18.6. The first kappa shape index (κ1) is 53.0. The van der Waals surface area contributed by atoms with E-state index in [0.717, 1.165) is 79.8 Å². The molecule has 10 heteroatoms. The second-order valence-electron chi connectivity index (χ2n) is 20.3. The number of ether oxygens (including phenoxy) is 5. The molecule has 2 aliphatic carbocycles. The fourth-order valence-electron chi connectivity index (χ4n) is 10.8. The number of hydrogen-bond donors (Lipinski definition) is 2. The first-order valence-electron chi connectivity index (χ1n) is 25.4. The number of carbonyl (C=O) groups is 2. The zero-order valence-corrected chi connectivity index (χ0v) is 43.9. The monoisotopic (exact) mass is 1020 g/mol. The van der Waals surface area contributed by atoms with E-state index in [1.54, 1.807) is 14.2 Å². The van der Waals surface area contributed by atoms with E-state index in [1.165, 1.54) is 61.2 Å². The van der Waals surface area contributed by atoms with Crippen molar-refractivity contribution in [1.29, 1.82) is 0 Å². The van der Waals surface area contributed by atoms with Gasteiger partial charge in [0, 0.05) is 55.7 Å². The number of benzene rings is 5. The normalized spacial score (nSPS) is 15.3. The minimum Gasteiger partial charge on any atom is -0.481 e. The van der Waals surface area contributed by atoms with Gasteiger partial charge in [-0.3, -0.25) is 4.79 Å². The number of methoxy groups -OCH3 is 2. The molecule has 9 nitrogen and oxygen atoms in total. The van der Waals surface area contributed by atoms with Crippen LogP contribution in [-0.4, -0.2) is 83.2 Å². The van der Waals surface area contributed by atoms with Crippen LogP contribution in [0.2, 0.25) is 0 Å².